The van der Waals surface area contributed by atoms with E-state index in [0.717, 1.165) is 58.0 Å². The maximum atomic E-state index is 11.8. The van der Waals surface area contributed by atoms with E-state index in [9.17, 15) is 9.59 Å². The van der Waals surface area contributed by atoms with Crippen molar-refractivity contribution < 1.29 is 9.59 Å². The second kappa shape index (κ2) is 8.94. The zero-order valence-corrected chi connectivity index (χ0v) is 12.3. The second-order valence-electron chi connectivity index (χ2n) is 5.44. The predicted molar refractivity (Wildman–Crippen MR) is 76.7 cm³/mol. The molecule has 1 saturated carbocycles. The van der Waals surface area contributed by atoms with E-state index >= 15 is 0 Å². The van der Waals surface area contributed by atoms with Crippen LogP contribution in [0.15, 0.2) is 0 Å². The Bertz CT molecular complexity index is 264. The first-order valence-electron chi connectivity index (χ1n) is 7.76. The lowest BCUT2D eigenvalue weighted by atomic mass is 10.2. The van der Waals surface area contributed by atoms with Gasteiger partial charge in [0.15, 0.2) is 0 Å². The minimum Gasteiger partial charge on any atom is -0.356 e. The van der Waals surface area contributed by atoms with Crippen LogP contribution in [0.5, 0.6) is 0 Å². The highest BCUT2D eigenvalue weighted by atomic mass is 16.2. The molecule has 2 N–H and O–H groups in total. The summed E-state index contributed by atoms with van der Waals surface area (Å²) in [4.78, 5) is 23.5. The first kappa shape index (κ1) is 16.0. The highest BCUT2D eigenvalue weighted by Crippen LogP contribution is 2.38. The van der Waals surface area contributed by atoms with Crippen LogP contribution in [0, 0.1) is 11.8 Å². The van der Waals surface area contributed by atoms with Gasteiger partial charge in [-0.25, -0.2) is 0 Å². The average Bonchev–Trinajstić information content (AvgIpc) is 3.20. The van der Waals surface area contributed by atoms with Gasteiger partial charge < -0.3 is 10.6 Å². The SMILES string of the molecule is CCCCCNC(=O)C1CC1C(=O)NCCCCC. The molecule has 19 heavy (non-hydrogen) atoms. The third-order valence-corrected chi connectivity index (χ3v) is 3.62. The zero-order chi connectivity index (χ0) is 14.1. The Labute approximate surface area is 116 Å². The van der Waals surface area contributed by atoms with E-state index in [1.165, 1.54) is 0 Å². The minimum absolute atomic E-state index is 0.0600. The maximum Gasteiger partial charge on any atom is 0.223 e. The van der Waals surface area contributed by atoms with Crippen molar-refractivity contribution in [2.75, 3.05) is 13.1 Å². The quantitative estimate of drug-likeness (QED) is 0.597. The molecule has 0 bridgehead atoms. The maximum absolute atomic E-state index is 11.8. The molecule has 0 aromatic heterocycles. The van der Waals surface area contributed by atoms with E-state index in [-0.39, 0.29) is 23.7 Å². The van der Waals surface area contributed by atoms with Crippen molar-refractivity contribution in [2.45, 2.75) is 58.8 Å². The highest BCUT2D eigenvalue weighted by Gasteiger charge is 2.47. The lowest BCUT2D eigenvalue weighted by Gasteiger charge is -2.05. The van der Waals surface area contributed by atoms with Gasteiger partial charge in [0, 0.05) is 13.1 Å². The van der Waals surface area contributed by atoms with Crippen LogP contribution < -0.4 is 10.6 Å². The van der Waals surface area contributed by atoms with Crippen molar-refractivity contribution in [1.29, 1.82) is 0 Å². The summed E-state index contributed by atoms with van der Waals surface area (Å²) in [5.74, 6) is -0.0322. The second-order valence-corrected chi connectivity index (χ2v) is 5.44. The van der Waals surface area contributed by atoms with Gasteiger partial charge in [-0.1, -0.05) is 39.5 Å². The molecule has 0 radical (unpaired) electrons. The topological polar surface area (TPSA) is 58.2 Å². The fourth-order valence-electron chi connectivity index (χ4n) is 2.21. The van der Waals surface area contributed by atoms with Gasteiger partial charge in [0.2, 0.25) is 11.8 Å². The number of carbonyl (C=O) groups is 2. The third-order valence-electron chi connectivity index (χ3n) is 3.62. The third kappa shape index (κ3) is 6.08. The van der Waals surface area contributed by atoms with Crippen molar-refractivity contribution in [3.05, 3.63) is 0 Å². The van der Waals surface area contributed by atoms with E-state index < -0.39 is 0 Å². The molecule has 1 aliphatic rings. The van der Waals surface area contributed by atoms with Gasteiger partial charge in [-0.2, -0.15) is 0 Å². The van der Waals surface area contributed by atoms with Gasteiger partial charge in [-0.05, 0) is 19.3 Å². The number of amides is 2. The Kier molecular flexibility index (Phi) is 7.53. The van der Waals surface area contributed by atoms with Crippen LogP contribution >= 0.6 is 0 Å². The molecule has 110 valence electrons. The van der Waals surface area contributed by atoms with Gasteiger partial charge in [0.1, 0.15) is 0 Å². The van der Waals surface area contributed by atoms with E-state index in [1.54, 1.807) is 0 Å². The Morgan fingerprint density at radius 2 is 1.26 bits per heavy atom. The van der Waals surface area contributed by atoms with Crippen LogP contribution in [-0.4, -0.2) is 24.9 Å². The van der Waals surface area contributed by atoms with Crippen molar-refractivity contribution >= 4 is 11.8 Å². The summed E-state index contributed by atoms with van der Waals surface area (Å²) in [6.07, 6.45) is 7.38. The molecule has 0 heterocycles. The molecule has 2 unspecified atom stereocenters. The molecule has 4 nitrogen and oxygen atoms in total. The van der Waals surface area contributed by atoms with E-state index in [0.29, 0.717) is 0 Å². The first-order valence-corrected chi connectivity index (χ1v) is 7.76. The van der Waals surface area contributed by atoms with Crippen molar-refractivity contribution in [3.8, 4) is 0 Å². The van der Waals surface area contributed by atoms with Crippen LogP contribution in [0.2, 0.25) is 0 Å². The van der Waals surface area contributed by atoms with Crippen molar-refractivity contribution in [2.24, 2.45) is 11.8 Å². The Morgan fingerprint density at radius 3 is 1.63 bits per heavy atom. The van der Waals surface area contributed by atoms with Gasteiger partial charge in [-0.3, -0.25) is 9.59 Å². The fourth-order valence-corrected chi connectivity index (χ4v) is 2.21. The largest absolute Gasteiger partial charge is 0.356 e. The van der Waals surface area contributed by atoms with Gasteiger partial charge in [0.05, 0.1) is 11.8 Å². The average molecular weight is 268 g/mol. The molecule has 1 aliphatic carbocycles. The molecule has 1 fully saturated rings. The monoisotopic (exact) mass is 268 g/mol. The normalized spacial score (nSPS) is 20.9. The lowest BCUT2D eigenvalue weighted by Crippen LogP contribution is -2.31. The molecule has 4 heteroatoms. The molecule has 2 atom stereocenters. The molecule has 0 aliphatic heterocycles. The summed E-state index contributed by atoms with van der Waals surface area (Å²) < 4.78 is 0. The number of carbonyl (C=O) groups excluding carboxylic acids is 2. The molecule has 1 rings (SSSR count). The van der Waals surface area contributed by atoms with Crippen LogP contribution in [0.25, 0.3) is 0 Å². The van der Waals surface area contributed by atoms with Crippen LogP contribution in [0.1, 0.15) is 58.8 Å². The van der Waals surface area contributed by atoms with Gasteiger partial charge in [-0.15, -0.1) is 0 Å². The number of nitrogens with one attached hydrogen (secondary N) is 2. The number of hydrogen-bond acceptors (Lipinski definition) is 2. The molecule has 0 aromatic carbocycles. The summed E-state index contributed by atoms with van der Waals surface area (Å²) >= 11 is 0. The summed E-state index contributed by atoms with van der Waals surface area (Å²) in [6, 6.07) is 0. The fraction of sp³-hybridized carbons (Fsp3) is 0.867. The van der Waals surface area contributed by atoms with Crippen LogP contribution in [0.3, 0.4) is 0 Å². The van der Waals surface area contributed by atoms with E-state index in [4.69, 9.17) is 0 Å². The van der Waals surface area contributed by atoms with E-state index in [1.807, 2.05) is 0 Å². The molecular weight excluding hydrogens is 240 g/mol. The molecule has 0 aromatic rings. The number of rotatable bonds is 10. The minimum atomic E-state index is -0.0761. The summed E-state index contributed by atoms with van der Waals surface area (Å²) in [7, 11) is 0. The summed E-state index contributed by atoms with van der Waals surface area (Å²) in [5.41, 5.74) is 0. The van der Waals surface area contributed by atoms with Gasteiger partial charge >= 0.3 is 0 Å². The molecule has 0 spiro atoms. The summed E-state index contributed by atoms with van der Waals surface area (Å²) in [5, 5.41) is 5.84. The van der Waals surface area contributed by atoms with Crippen LogP contribution in [0.4, 0.5) is 0 Å². The lowest BCUT2D eigenvalue weighted by molar-refractivity contribution is -0.127. The van der Waals surface area contributed by atoms with Crippen LogP contribution in [-0.2, 0) is 9.59 Å². The standard InChI is InChI=1S/C15H28N2O2/c1-3-5-7-9-16-14(18)12-11-13(12)15(19)17-10-8-6-4-2/h12-13H,3-11H2,1-2H3,(H,16,18)(H,17,19). The molecule has 2 amide bonds. The number of unbranched alkanes of at least 4 members (excludes halogenated alkanes) is 4. The van der Waals surface area contributed by atoms with Gasteiger partial charge in [0.25, 0.3) is 0 Å². The zero-order valence-electron chi connectivity index (χ0n) is 12.3. The number of hydrogen-bond donors (Lipinski definition) is 2. The van der Waals surface area contributed by atoms with Crippen molar-refractivity contribution in [1.82, 2.24) is 10.6 Å². The smallest absolute Gasteiger partial charge is 0.223 e. The molecule has 0 saturated heterocycles. The predicted octanol–water partition coefficient (Wildman–Crippen LogP) is 2.24. The van der Waals surface area contributed by atoms with Crippen molar-refractivity contribution in [3.63, 3.8) is 0 Å². The molecular formula is C15H28N2O2. The Balaban J connectivity index is 2.08. The Morgan fingerprint density at radius 1 is 0.842 bits per heavy atom. The highest BCUT2D eigenvalue weighted by molar-refractivity contribution is 5.92. The summed E-state index contributed by atoms with van der Waals surface area (Å²) in [6.45, 7) is 5.77. The Hall–Kier alpha value is -1.06. The first-order chi connectivity index (χ1) is 9.20. The van der Waals surface area contributed by atoms with E-state index in [2.05, 4.69) is 24.5 Å².